The number of aromatic nitrogens is 2. The van der Waals surface area contributed by atoms with Crippen LogP contribution in [0.3, 0.4) is 0 Å². The number of benzene rings is 2. The van der Waals surface area contributed by atoms with Crippen molar-refractivity contribution in [2.24, 2.45) is 0 Å². The number of carbonyl (C=O) groups excluding carboxylic acids is 1. The molecule has 1 atom stereocenters. The average molecular weight is 348 g/mol. The van der Waals surface area contributed by atoms with Gasteiger partial charge in [-0.1, -0.05) is 47.0 Å². The van der Waals surface area contributed by atoms with E-state index in [1.807, 2.05) is 18.2 Å². The lowest BCUT2D eigenvalue weighted by Crippen LogP contribution is -2.17. The highest BCUT2D eigenvalue weighted by molar-refractivity contribution is 6.32. The van der Waals surface area contributed by atoms with Gasteiger partial charge in [-0.05, 0) is 29.8 Å². The van der Waals surface area contributed by atoms with Gasteiger partial charge in [0.25, 0.3) is 5.91 Å². The Balaban J connectivity index is 1.71. The van der Waals surface area contributed by atoms with Crippen LogP contribution in [-0.2, 0) is 4.79 Å². The summed E-state index contributed by atoms with van der Waals surface area (Å²) in [6, 6.07) is 15.9. The number of nitrogens with one attached hydrogen (secondary N) is 1. The van der Waals surface area contributed by atoms with Crippen molar-refractivity contribution in [3.05, 3.63) is 65.2 Å². The second-order valence-corrected chi connectivity index (χ2v) is 5.55. The van der Waals surface area contributed by atoms with Crippen molar-refractivity contribution in [3.8, 4) is 11.5 Å². The molecule has 3 aromatic rings. The standard InChI is InChI=1S/C16H11Cl2N3O2/c17-12-8-6-11(7-9-12)15-20-21-16(23-15)19-14(22)13(18)10-4-2-1-3-5-10/h1-9,13H,(H,19,21,22). The van der Waals surface area contributed by atoms with Crippen molar-refractivity contribution in [2.45, 2.75) is 5.38 Å². The number of amides is 1. The normalized spacial score (nSPS) is 11.9. The predicted molar refractivity (Wildman–Crippen MR) is 88.4 cm³/mol. The molecular weight excluding hydrogens is 337 g/mol. The first kappa shape index (κ1) is 15.5. The maximum absolute atomic E-state index is 12.1. The lowest BCUT2D eigenvalue weighted by molar-refractivity contribution is -0.116. The topological polar surface area (TPSA) is 68.0 Å². The van der Waals surface area contributed by atoms with E-state index >= 15 is 0 Å². The molecule has 0 aliphatic heterocycles. The van der Waals surface area contributed by atoms with Crippen molar-refractivity contribution in [1.29, 1.82) is 0 Å². The lowest BCUT2D eigenvalue weighted by Gasteiger charge is -2.07. The maximum atomic E-state index is 12.1. The zero-order valence-electron chi connectivity index (χ0n) is 11.7. The summed E-state index contributed by atoms with van der Waals surface area (Å²) in [7, 11) is 0. The molecule has 0 aliphatic carbocycles. The van der Waals surface area contributed by atoms with E-state index in [1.54, 1.807) is 36.4 Å². The summed E-state index contributed by atoms with van der Waals surface area (Å²) in [5.41, 5.74) is 1.39. The molecule has 0 saturated carbocycles. The molecule has 2 aromatic carbocycles. The van der Waals surface area contributed by atoms with Gasteiger partial charge < -0.3 is 4.42 Å². The zero-order chi connectivity index (χ0) is 16.2. The molecule has 1 aromatic heterocycles. The first-order valence-corrected chi connectivity index (χ1v) is 7.54. The van der Waals surface area contributed by atoms with Crippen molar-refractivity contribution in [3.63, 3.8) is 0 Å². The number of alkyl halides is 1. The number of hydrogen-bond acceptors (Lipinski definition) is 4. The van der Waals surface area contributed by atoms with Crippen LogP contribution in [0.25, 0.3) is 11.5 Å². The van der Waals surface area contributed by atoms with Gasteiger partial charge in [0.15, 0.2) is 0 Å². The Labute approximate surface area is 142 Å². The van der Waals surface area contributed by atoms with Gasteiger partial charge in [0.1, 0.15) is 5.38 Å². The summed E-state index contributed by atoms with van der Waals surface area (Å²) in [6.45, 7) is 0. The number of rotatable bonds is 4. The predicted octanol–water partition coefficient (Wildman–Crippen LogP) is 4.31. The van der Waals surface area contributed by atoms with Crippen molar-refractivity contribution < 1.29 is 9.21 Å². The minimum Gasteiger partial charge on any atom is -0.403 e. The van der Waals surface area contributed by atoms with Crippen LogP contribution in [0, 0.1) is 0 Å². The minimum absolute atomic E-state index is 0.0125. The molecule has 7 heteroatoms. The van der Waals surface area contributed by atoms with Crippen LogP contribution in [0.2, 0.25) is 5.02 Å². The first-order valence-electron chi connectivity index (χ1n) is 6.73. The van der Waals surface area contributed by atoms with Gasteiger partial charge in [-0.2, -0.15) is 0 Å². The summed E-state index contributed by atoms with van der Waals surface area (Å²) in [6.07, 6.45) is 0. The zero-order valence-corrected chi connectivity index (χ0v) is 13.3. The van der Waals surface area contributed by atoms with Gasteiger partial charge in [-0.3, -0.25) is 10.1 Å². The SMILES string of the molecule is O=C(Nc1nnc(-c2ccc(Cl)cc2)o1)C(Cl)c1ccccc1. The van der Waals surface area contributed by atoms with E-state index in [0.717, 1.165) is 0 Å². The molecule has 3 rings (SSSR count). The second-order valence-electron chi connectivity index (χ2n) is 4.68. The van der Waals surface area contributed by atoms with Crippen molar-refractivity contribution in [1.82, 2.24) is 10.2 Å². The summed E-state index contributed by atoms with van der Waals surface area (Å²) in [5.74, 6) is -0.160. The fraction of sp³-hybridized carbons (Fsp3) is 0.0625. The van der Waals surface area contributed by atoms with Crippen LogP contribution in [-0.4, -0.2) is 16.1 Å². The molecule has 0 saturated heterocycles. The second kappa shape index (κ2) is 6.81. The van der Waals surface area contributed by atoms with Crippen LogP contribution in [0.4, 0.5) is 6.01 Å². The Bertz CT molecular complexity index is 804. The molecule has 1 heterocycles. The lowest BCUT2D eigenvalue weighted by atomic mass is 10.1. The van der Waals surface area contributed by atoms with E-state index < -0.39 is 11.3 Å². The Morgan fingerprint density at radius 3 is 2.43 bits per heavy atom. The third-order valence-corrected chi connectivity index (χ3v) is 3.77. The molecule has 0 fully saturated rings. The molecule has 1 N–H and O–H groups in total. The van der Waals surface area contributed by atoms with Gasteiger partial charge in [0, 0.05) is 10.6 Å². The van der Waals surface area contributed by atoms with Crippen LogP contribution < -0.4 is 5.32 Å². The number of carbonyl (C=O) groups is 1. The van der Waals surface area contributed by atoms with Crippen LogP contribution in [0.15, 0.2) is 59.0 Å². The van der Waals surface area contributed by atoms with Gasteiger partial charge in [-0.25, -0.2) is 0 Å². The number of halogens is 2. The quantitative estimate of drug-likeness (QED) is 0.714. The Hall–Kier alpha value is -2.37. The number of anilines is 1. The molecule has 23 heavy (non-hydrogen) atoms. The molecule has 1 unspecified atom stereocenters. The highest BCUT2D eigenvalue weighted by Crippen LogP contribution is 2.24. The largest absolute Gasteiger partial charge is 0.403 e. The summed E-state index contributed by atoms with van der Waals surface area (Å²) in [4.78, 5) is 12.1. The van der Waals surface area contributed by atoms with E-state index in [0.29, 0.717) is 16.1 Å². The third kappa shape index (κ3) is 3.70. The Morgan fingerprint density at radius 1 is 1.04 bits per heavy atom. The highest BCUT2D eigenvalue weighted by Gasteiger charge is 2.20. The average Bonchev–Trinajstić information content (AvgIpc) is 3.04. The third-order valence-electron chi connectivity index (χ3n) is 3.07. The van der Waals surface area contributed by atoms with E-state index in [-0.39, 0.29) is 11.9 Å². The van der Waals surface area contributed by atoms with Crippen molar-refractivity contribution in [2.75, 3.05) is 5.32 Å². The first-order chi connectivity index (χ1) is 11.1. The maximum Gasteiger partial charge on any atom is 0.322 e. The van der Waals surface area contributed by atoms with Crippen LogP contribution in [0.5, 0.6) is 0 Å². The van der Waals surface area contributed by atoms with E-state index in [4.69, 9.17) is 27.6 Å². The van der Waals surface area contributed by atoms with Crippen LogP contribution in [0.1, 0.15) is 10.9 Å². The Morgan fingerprint density at radius 2 is 1.74 bits per heavy atom. The molecule has 0 bridgehead atoms. The van der Waals surface area contributed by atoms with E-state index in [1.165, 1.54) is 0 Å². The summed E-state index contributed by atoms with van der Waals surface area (Å²) >= 11 is 12.0. The fourth-order valence-corrected chi connectivity index (χ4v) is 2.25. The van der Waals surface area contributed by atoms with Crippen molar-refractivity contribution >= 4 is 35.1 Å². The molecular formula is C16H11Cl2N3O2. The molecule has 0 spiro atoms. The smallest absolute Gasteiger partial charge is 0.322 e. The van der Waals surface area contributed by atoms with Crippen LogP contribution >= 0.6 is 23.2 Å². The minimum atomic E-state index is -0.845. The molecule has 1 amide bonds. The fourth-order valence-electron chi connectivity index (χ4n) is 1.92. The number of hydrogen-bond donors (Lipinski definition) is 1. The van der Waals surface area contributed by atoms with E-state index in [2.05, 4.69) is 15.5 Å². The number of nitrogens with zero attached hydrogens (tertiary/aromatic N) is 2. The Kier molecular flexibility index (Phi) is 4.60. The van der Waals surface area contributed by atoms with Gasteiger partial charge in [0.2, 0.25) is 5.89 Å². The molecule has 0 radical (unpaired) electrons. The molecule has 0 aliphatic rings. The monoisotopic (exact) mass is 347 g/mol. The van der Waals surface area contributed by atoms with E-state index in [9.17, 15) is 4.79 Å². The summed E-state index contributed by atoms with van der Waals surface area (Å²) in [5, 5.41) is 9.94. The highest BCUT2D eigenvalue weighted by atomic mass is 35.5. The molecule has 116 valence electrons. The van der Waals surface area contributed by atoms with Gasteiger partial charge >= 0.3 is 6.01 Å². The van der Waals surface area contributed by atoms with Gasteiger partial charge in [-0.15, -0.1) is 16.7 Å². The summed E-state index contributed by atoms with van der Waals surface area (Å²) < 4.78 is 5.41. The molecule has 5 nitrogen and oxygen atoms in total. The van der Waals surface area contributed by atoms with Gasteiger partial charge in [0.05, 0.1) is 0 Å².